The molecule has 1 N–H and O–H groups in total. The molecular weight excluding hydrogens is 388 g/mol. The molecule has 4 aromatic rings. The maximum absolute atomic E-state index is 12.7. The van der Waals surface area contributed by atoms with Gasteiger partial charge in [0.1, 0.15) is 5.82 Å². The van der Waals surface area contributed by atoms with Gasteiger partial charge in [0.25, 0.3) is 5.91 Å². The summed E-state index contributed by atoms with van der Waals surface area (Å²) in [7, 11) is 0. The lowest BCUT2D eigenvalue weighted by Crippen LogP contribution is -2.46. The van der Waals surface area contributed by atoms with Gasteiger partial charge >= 0.3 is 0 Å². The number of rotatable bonds is 5. The summed E-state index contributed by atoms with van der Waals surface area (Å²) in [5.41, 5.74) is 3.62. The van der Waals surface area contributed by atoms with Gasteiger partial charge < -0.3 is 14.6 Å². The van der Waals surface area contributed by atoms with Crippen LogP contribution in [0.4, 0.5) is 11.5 Å². The maximum atomic E-state index is 12.7. The average molecular weight is 412 g/mol. The summed E-state index contributed by atoms with van der Waals surface area (Å²) in [5, 5.41) is 2.90. The number of pyridine rings is 3. The Kier molecular flexibility index (Phi) is 5.33. The topological polar surface area (TPSA) is 65.8 Å². The second-order valence-electron chi connectivity index (χ2n) is 7.72. The minimum absolute atomic E-state index is 0.143. The largest absolute Gasteiger partial charge is 0.355 e. The van der Waals surface area contributed by atoms with Gasteiger partial charge in [0.2, 0.25) is 0 Å². The van der Waals surface area contributed by atoms with Crippen molar-refractivity contribution in [1.82, 2.24) is 19.3 Å². The van der Waals surface area contributed by atoms with Crippen molar-refractivity contribution in [2.24, 2.45) is 0 Å². The number of carbonyl (C=O) groups is 1. The van der Waals surface area contributed by atoms with E-state index in [1.54, 1.807) is 18.5 Å². The Morgan fingerprint density at radius 1 is 0.903 bits per heavy atom. The van der Waals surface area contributed by atoms with Gasteiger partial charge in [-0.2, -0.15) is 0 Å². The molecule has 1 aliphatic heterocycles. The normalized spacial score (nSPS) is 14.6. The molecule has 1 amide bonds. The highest BCUT2D eigenvalue weighted by Crippen LogP contribution is 2.22. The quantitative estimate of drug-likeness (QED) is 0.545. The fourth-order valence-electron chi connectivity index (χ4n) is 4.00. The van der Waals surface area contributed by atoms with Crippen LogP contribution in [-0.2, 0) is 6.54 Å². The summed E-state index contributed by atoms with van der Waals surface area (Å²) in [6.45, 7) is 4.79. The zero-order valence-corrected chi connectivity index (χ0v) is 17.2. The molecule has 4 aromatic heterocycles. The number of fused-ring (bicyclic) bond motifs is 1. The molecule has 0 bridgehead atoms. The summed E-state index contributed by atoms with van der Waals surface area (Å²) in [5.74, 6) is 0.975. The van der Waals surface area contributed by atoms with Crippen LogP contribution in [0.15, 0.2) is 79.5 Å². The number of amides is 1. The second kappa shape index (κ2) is 8.57. The third-order valence-corrected chi connectivity index (χ3v) is 5.64. The van der Waals surface area contributed by atoms with Crippen molar-refractivity contribution in [1.29, 1.82) is 0 Å². The monoisotopic (exact) mass is 412 g/mol. The highest BCUT2D eigenvalue weighted by atomic mass is 16.1. The van der Waals surface area contributed by atoms with Crippen LogP contribution in [0.3, 0.4) is 0 Å². The van der Waals surface area contributed by atoms with Gasteiger partial charge in [-0.25, -0.2) is 0 Å². The van der Waals surface area contributed by atoms with Gasteiger partial charge in [-0.05, 0) is 48.0 Å². The minimum Gasteiger partial charge on any atom is -0.355 e. The molecule has 0 atom stereocenters. The average Bonchev–Trinajstić information content (AvgIpc) is 3.24. The van der Waals surface area contributed by atoms with E-state index in [0.717, 1.165) is 44.1 Å². The van der Waals surface area contributed by atoms with Gasteiger partial charge in [0, 0.05) is 63.0 Å². The van der Waals surface area contributed by atoms with E-state index in [9.17, 15) is 4.79 Å². The van der Waals surface area contributed by atoms with Gasteiger partial charge in [0.15, 0.2) is 0 Å². The third kappa shape index (κ3) is 4.27. The first-order valence-corrected chi connectivity index (χ1v) is 10.4. The van der Waals surface area contributed by atoms with Crippen molar-refractivity contribution in [3.05, 3.63) is 90.6 Å². The van der Waals surface area contributed by atoms with Crippen LogP contribution in [0.2, 0.25) is 0 Å². The van der Waals surface area contributed by atoms with Crippen molar-refractivity contribution in [2.75, 3.05) is 36.4 Å². The number of nitrogens with one attached hydrogen (secondary N) is 1. The first-order valence-electron chi connectivity index (χ1n) is 10.4. The van der Waals surface area contributed by atoms with Crippen molar-refractivity contribution >= 4 is 22.9 Å². The Morgan fingerprint density at radius 3 is 2.42 bits per heavy atom. The first-order chi connectivity index (χ1) is 15.3. The highest BCUT2D eigenvalue weighted by Gasteiger charge is 2.20. The summed E-state index contributed by atoms with van der Waals surface area (Å²) in [6.07, 6.45) is 8.99. The lowest BCUT2D eigenvalue weighted by molar-refractivity contribution is 0.102. The van der Waals surface area contributed by atoms with Crippen LogP contribution in [0.5, 0.6) is 0 Å². The number of carbonyl (C=O) groups excluding carboxylic acids is 1. The molecule has 0 saturated carbocycles. The van der Waals surface area contributed by atoms with Crippen LogP contribution in [0, 0.1) is 0 Å². The van der Waals surface area contributed by atoms with Crippen molar-refractivity contribution in [2.45, 2.75) is 6.54 Å². The molecule has 5 rings (SSSR count). The Bertz CT molecular complexity index is 1170. The third-order valence-electron chi connectivity index (χ3n) is 5.64. The molecular formula is C24H24N6O. The predicted octanol–water partition coefficient (Wildman–Crippen LogP) is 3.30. The van der Waals surface area contributed by atoms with Crippen LogP contribution < -0.4 is 10.2 Å². The summed E-state index contributed by atoms with van der Waals surface area (Å²) in [4.78, 5) is 25.8. The maximum Gasteiger partial charge on any atom is 0.257 e. The first kappa shape index (κ1) is 19.3. The molecule has 1 aliphatic rings. The van der Waals surface area contributed by atoms with E-state index in [2.05, 4.69) is 47.7 Å². The molecule has 0 unspecified atom stereocenters. The smallest absolute Gasteiger partial charge is 0.257 e. The SMILES string of the molecule is O=C(Nc1cccnc1)c1ccc2ccc(N3CCN(Cc4cccnc4)CC3)n2c1. The van der Waals surface area contributed by atoms with Gasteiger partial charge in [-0.15, -0.1) is 0 Å². The molecule has 1 saturated heterocycles. The molecule has 0 aliphatic carbocycles. The van der Waals surface area contributed by atoms with Crippen LogP contribution >= 0.6 is 0 Å². The minimum atomic E-state index is -0.143. The summed E-state index contributed by atoms with van der Waals surface area (Å²) >= 11 is 0. The Balaban J connectivity index is 1.29. The van der Waals surface area contributed by atoms with Gasteiger partial charge in [-0.3, -0.25) is 19.7 Å². The van der Waals surface area contributed by atoms with Crippen LogP contribution in [-0.4, -0.2) is 51.4 Å². The van der Waals surface area contributed by atoms with Crippen molar-refractivity contribution < 1.29 is 4.79 Å². The van der Waals surface area contributed by atoms with Gasteiger partial charge in [-0.1, -0.05) is 6.07 Å². The molecule has 0 radical (unpaired) electrons. The number of piperazine rings is 1. The number of hydrogen-bond acceptors (Lipinski definition) is 5. The van der Waals surface area contributed by atoms with E-state index >= 15 is 0 Å². The molecule has 7 heteroatoms. The highest BCUT2D eigenvalue weighted by molar-refractivity contribution is 6.04. The Labute approximate surface area is 181 Å². The molecule has 156 valence electrons. The molecule has 7 nitrogen and oxygen atoms in total. The zero-order valence-electron chi connectivity index (χ0n) is 17.2. The molecule has 1 fully saturated rings. The number of hydrogen-bond donors (Lipinski definition) is 1. The van der Waals surface area contributed by atoms with Crippen LogP contribution in [0.1, 0.15) is 15.9 Å². The predicted molar refractivity (Wildman–Crippen MR) is 121 cm³/mol. The number of nitrogens with zero attached hydrogens (tertiary/aromatic N) is 5. The molecule has 0 aromatic carbocycles. The molecule has 31 heavy (non-hydrogen) atoms. The molecule has 0 spiro atoms. The van der Waals surface area contributed by atoms with E-state index in [1.165, 1.54) is 5.56 Å². The van der Waals surface area contributed by atoms with Crippen LogP contribution in [0.25, 0.3) is 5.52 Å². The lowest BCUT2D eigenvalue weighted by Gasteiger charge is -2.35. The van der Waals surface area contributed by atoms with E-state index < -0.39 is 0 Å². The number of aromatic nitrogens is 3. The Morgan fingerprint density at radius 2 is 1.68 bits per heavy atom. The standard InChI is InChI=1S/C24H24N6O/c31-24(27-21-4-2-10-26-16-21)20-5-6-22-7-8-23(30(22)18-20)29-13-11-28(12-14-29)17-19-3-1-9-25-15-19/h1-10,15-16,18H,11-14,17H2,(H,27,31). The zero-order chi connectivity index (χ0) is 21.0. The van der Waals surface area contributed by atoms with Gasteiger partial charge in [0.05, 0.1) is 17.4 Å². The van der Waals surface area contributed by atoms with E-state index in [-0.39, 0.29) is 5.91 Å². The number of anilines is 2. The van der Waals surface area contributed by atoms with E-state index in [1.807, 2.05) is 42.9 Å². The van der Waals surface area contributed by atoms with E-state index in [4.69, 9.17) is 0 Å². The van der Waals surface area contributed by atoms with Crippen molar-refractivity contribution in [3.8, 4) is 0 Å². The fourth-order valence-corrected chi connectivity index (χ4v) is 4.00. The summed E-state index contributed by atoms with van der Waals surface area (Å²) < 4.78 is 2.11. The summed E-state index contributed by atoms with van der Waals surface area (Å²) in [6, 6.07) is 15.8. The molecule has 5 heterocycles. The van der Waals surface area contributed by atoms with Crippen molar-refractivity contribution in [3.63, 3.8) is 0 Å². The fraction of sp³-hybridized carbons (Fsp3) is 0.208. The van der Waals surface area contributed by atoms with E-state index in [0.29, 0.717) is 11.3 Å². The Hall–Kier alpha value is -3.71. The second-order valence-corrected chi connectivity index (χ2v) is 7.72. The lowest BCUT2D eigenvalue weighted by atomic mass is 10.2.